The van der Waals surface area contributed by atoms with Gasteiger partial charge in [-0.1, -0.05) is 54.1 Å². The first-order valence-electron chi connectivity index (χ1n) is 14.5. The van der Waals surface area contributed by atoms with Gasteiger partial charge >= 0.3 is 0 Å². The van der Waals surface area contributed by atoms with E-state index in [0.717, 1.165) is 46.5 Å². The van der Waals surface area contributed by atoms with Crippen molar-refractivity contribution in [2.45, 2.75) is 31.1 Å². The monoisotopic (exact) mass is 596 g/mol. The predicted octanol–water partition coefficient (Wildman–Crippen LogP) is 5.04. The Morgan fingerprint density at radius 2 is 1.86 bits per heavy atom. The van der Waals surface area contributed by atoms with Crippen LogP contribution in [0.5, 0.6) is 11.5 Å². The number of amides is 2. The summed E-state index contributed by atoms with van der Waals surface area (Å²) in [6.07, 6.45) is 1.92. The smallest absolute Gasteiger partial charge is 0.240 e. The summed E-state index contributed by atoms with van der Waals surface area (Å²) in [5, 5.41) is 7.89. The van der Waals surface area contributed by atoms with Crippen LogP contribution < -0.4 is 19.7 Å². The van der Waals surface area contributed by atoms with Gasteiger partial charge in [-0.25, -0.2) is 4.68 Å². The van der Waals surface area contributed by atoms with Crippen molar-refractivity contribution in [2.75, 3.05) is 37.1 Å². The van der Waals surface area contributed by atoms with Gasteiger partial charge in [-0.3, -0.25) is 14.5 Å². The number of hydrogen-bond acceptors (Lipinski definition) is 7. The maximum absolute atomic E-state index is 13.9. The number of nitrogens with zero attached hydrogens (tertiary/aromatic N) is 3. The molecule has 9 nitrogen and oxygen atoms in total. The number of carbonyl (C=O) groups excluding carboxylic acids is 2. The number of benzene rings is 3. The lowest BCUT2D eigenvalue weighted by atomic mass is 9.99. The van der Waals surface area contributed by atoms with Gasteiger partial charge in [0.1, 0.15) is 12.4 Å². The van der Waals surface area contributed by atoms with Crippen molar-refractivity contribution in [3.05, 3.63) is 89.5 Å². The van der Waals surface area contributed by atoms with Gasteiger partial charge in [0, 0.05) is 24.3 Å². The van der Waals surface area contributed by atoms with Gasteiger partial charge in [-0.05, 0) is 49.6 Å². The molecule has 2 amide bonds. The number of rotatable bonds is 7. The molecule has 3 aliphatic heterocycles. The molecule has 0 unspecified atom stereocenters. The maximum Gasteiger partial charge on any atom is 0.240 e. The van der Waals surface area contributed by atoms with Crippen LogP contribution in [0.1, 0.15) is 34.8 Å². The molecule has 1 N–H and O–H groups in total. The molecule has 0 bridgehead atoms. The summed E-state index contributed by atoms with van der Waals surface area (Å²) >= 11 is 1.53. The van der Waals surface area contributed by atoms with E-state index in [9.17, 15) is 9.59 Å². The van der Waals surface area contributed by atoms with Gasteiger partial charge in [0.25, 0.3) is 0 Å². The van der Waals surface area contributed by atoms with Gasteiger partial charge in [0.2, 0.25) is 18.6 Å². The Labute approximate surface area is 254 Å². The normalized spacial score (nSPS) is 19.3. The van der Waals surface area contributed by atoms with Crippen LogP contribution >= 0.6 is 11.8 Å². The zero-order chi connectivity index (χ0) is 29.3. The molecule has 0 spiro atoms. The van der Waals surface area contributed by atoms with Gasteiger partial charge < -0.3 is 19.5 Å². The Morgan fingerprint density at radius 1 is 1.05 bits per heavy atom. The highest BCUT2D eigenvalue weighted by Crippen LogP contribution is 2.50. The fourth-order valence-electron chi connectivity index (χ4n) is 5.77. The summed E-state index contributed by atoms with van der Waals surface area (Å²) < 4.78 is 18.8. The number of nitrogens with one attached hydrogen (secondary N) is 1. The Hall–Kier alpha value is -4.28. The first-order chi connectivity index (χ1) is 21.0. The number of fused-ring (bicyclic) bond motifs is 2. The van der Waals surface area contributed by atoms with Crippen LogP contribution in [0, 0.1) is 6.92 Å². The number of thioether (sulfide) groups is 1. The van der Waals surface area contributed by atoms with Crippen molar-refractivity contribution in [3.8, 4) is 28.4 Å². The summed E-state index contributed by atoms with van der Waals surface area (Å²) in [7, 11) is 0. The highest BCUT2D eigenvalue weighted by atomic mass is 32.2. The minimum Gasteiger partial charge on any atom is -0.454 e. The molecule has 10 heteroatoms. The van der Waals surface area contributed by atoms with Gasteiger partial charge in [0.15, 0.2) is 11.5 Å². The zero-order valence-electron chi connectivity index (χ0n) is 23.8. The number of hydrogen-bond donors (Lipinski definition) is 1. The fraction of sp³-hybridized carbons (Fsp3) is 0.303. The average Bonchev–Trinajstić information content (AvgIpc) is 3.79. The molecule has 4 aromatic rings. The van der Waals surface area contributed by atoms with E-state index in [1.54, 1.807) is 4.90 Å². The summed E-state index contributed by atoms with van der Waals surface area (Å²) in [6.45, 7) is 3.22. The van der Waals surface area contributed by atoms with Crippen molar-refractivity contribution < 1.29 is 23.8 Å². The fourth-order valence-corrected chi connectivity index (χ4v) is 6.95. The summed E-state index contributed by atoms with van der Waals surface area (Å²) in [5.74, 6) is 1.76. The molecule has 220 valence electrons. The van der Waals surface area contributed by atoms with Crippen molar-refractivity contribution >= 4 is 29.4 Å². The van der Waals surface area contributed by atoms with Gasteiger partial charge in [0.05, 0.1) is 28.5 Å². The molecule has 1 fully saturated rings. The minimum absolute atomic E-state index is 0.00746. The largest absolute Gasteiger partial charge is 0.454 e. The third-order valence-electron chi connectivity index (χ3n) is 7.97. The van der Waals surface area contributed by atoms with E-state index in [4.69, 9.17) is 19.3 Å². The van der Waals surface area contributed by atoms with E-state index in [-0.39, 0.29) is 42.3 Å². The molecule has 43 heavy (non-hydrogen) atoms. The van der Waals surface area contributed by atoms with Crippen LogP contribution in [0.4, 0.5) is 5.82 Å². The Balaban J connectivity index is 1.38. The first-order valence-corrected chi connectivity index (χ1v) is 15.6. The Kier molecular flexibility index (Phi) is 7.54. The molecule has 0 saturated carbocycles. The molecular weight excluding hydrogens is 564 g/mol. The lowest BCUT2D eigenvalue weighted by Crippen LogP contribution is -2.44. The first kappa shape index (κ1) is 27.5. The zero-order valence-corrected chi connectivity index (χ0v) is 24.6. The molecule has 3 aromatic carbocycles. The topological polar surface area (TPSA) is 94.9 Å². The third-order valence-corrected chi connectivity index (χ3v) is 9.22. The number of aryl methyl sites for hydroxylation is 1. The average molecular weight is 597 g/mol. The van der Waals surface area contributed by atoms with Crippen LogP contribution in [-0.2, 0) is 14.3 Å². The van der Waals surface area contributed by atoms with Crippen molar-refractivity contribution in [1.29, 1.82) is 0 Å². The Morgan fingerprint density at radius 3 is 2.65 bits per heavy atom. The molecule has 7 rings (SSSR count). The summed E-state index contributed by atoms with van der Waals surface area (Å²) in [4.78, 5) is 28.9. The maximum atomic E-state index is 13.9. The van der Waals surface area contributed by atoms with Crippen LogP contribution in [0.25, 0.3) is 16.9 Å². The van der Waals surface area contributed by atoms with E-state index in [1.165, 1.54) is 11.8 Å². The van der Waals surface area contributed by atoms with E-state index in [2.05, 4.69) is 5.32 Å². The quantitative estimate of drug-likeness (QED) is 0.319. The lowest BCUT2D eigenvalue weighted by molar-refractivity contribution is -0.123. The van der Waals surface area contributed by atoms with E-state index in [0.29, 0.717) is 30.5 Å². The lowest BCUT2D eigenvalue weighted by Gasteiger charge is -2.23. The molecule has 0 radical (unpaired) electrons. The summed E-state index contributed by atoms with van der Waals surface area (Å²) in [6, 6.07) is 23.9. The number of carbonyl (C=O) groups is 2. The molecule has 3 aliphatic rings. The molecule has 0 aliphatic carbocycles. The van der Waals surface area contributed by atoms with E-state index < -0.39 is 0 Å². The predicted molar refractivity (Wildman–Crippen MR) is 165 cm³/mol. The number of ether oxygens (including phenoxy) is 3. The van der Waals surface area contributed by atoms with Crippen molar-refractivity contribution in [2.24, 2.45) is 0 Å². The van der Waals surface area contributed by atoms with E-state index >= 15 is 0 Å². The van der Waals surface area contributed by atoms with E-state index in [1.807, 2.05) is 84.4 Å². The highest BCUT2D eigenvalue weighted by Gasteiger charge is 2.38. The second-order valence-electron chi connectivity index (χ2n) is 10.9. The van der Waals surface area contributed by atoms with Gasteiger partial charge in [-0.2, -0.15) is 5.10 Å². The standard InChI is InChI=1S/C33H32N4O5S/c1-21-9-12-24(13-10-21)37-33-30(31(35-37)22-6-3-2-4-7-22)32(23-11-14-26-27(16-23)42-20-41-26)43-19-29(39)36(33)18-28(38)34-17-25-8-5-15-40-25/h2-4,6-7,9-14,16,25,32H,5,8,15,17-20H2,1H3,(H,34,38)/t25-,32+/m0/s1. The highest BCUT2D eigenvalue weighted by molar-refractivity contribution is 8.00. The number of anilines is 1. The van der Waals surface area contributed by atoms with Crippen LogP contribution in [0.15, 0.2) is 72.8 Å². The molecular formula is C33H32N4O5S. The minimum atomic E-state index is -0.261. The van der Waals surface area contributed by atoms with Crippen LogP contribution in [0.2, 0.25) is 0 Å². The Bertz CT molecular complexity index is 1650. The number of aromatic nitrogens is 2. The van der Waals surface area contributed by atoms with Crippen molar-refractivity contribution in [1.82, 2.24) is 15.1 Å². The molecule has 1 aromatic heterocycles. The SMILES string of the molecule is Cc1ccc(-n2nc(-c3ccccc3)c3c2N(CC(=O)NC[C@@H]2CCCO2)C(=O)CS[C@@H]3c2ccc3c(c2)OCO3)cc1. The van der Waals surface area contributed by atoms with Crippen molar-refractivity contribution in [3.63, 3.8) is 0 Å². The molecule has 4 heterocycles. The second kappa shape index (κ2) is 11.8. The summed E-state index contributed by atoms with van der Waals surface area (Å²) in [5.41, 5.74) is 5.43. The van der Waals surface area contributed by atoms with Crippen LogP contribution in [-0.4, -0.2) is 59.9 Å². The molecule has 2 atom stereocenters. The molecule has 1 saturated heterocycles. The van der Waals surface area contributed by atoms with Gasteiger partial charge in [-0.15, -0.1) is 11.8 Å². The third kappa shape index (κ3) is 5.48. The van der Waals surface area contributed by atoms with Crippen LogP contribution in [0.3, 0.4) is 0 Å². The second-order valence-corrected chi connectivity index (χ2v) is 12.0.